The van der Waals surface area contributed by atoms with Crippen molar-refractivity contribution >= 4 is 0 Å². The van der Waals surface area contributed by atoms with Gasteiger partial charge in [0, 0.05) is 6.54 Å². The second-order valence-electron chi connectivity index (χ2n) is 7.00. The zero-order valence-corrected chi connectivity index (χ0v) is 11.5. The molecule has 3 rings (SSSR count). The van der Waals surface area contributed by atoms with Crippen molar-refractivity contribution in [2.45, 2.75) is 64.7 Å². The Kier molecular flexibility index (Phi) is 3.47. The summed E-state index contributed by atoms with van der Waals surface area (Å²) in [6, 6.07) is 0. The molecule has 17 heavy (non-hydrogen) atoms. The Hall–Kier alpha value is -0.0400. The molecule has 0 amide bonds. The maximum absolute atomic E-state index is 3.69. The van der Waals surface area contributed by atoms with E-state index in [0.717, 1.165) is 24.3 Å². The number of nitrogens with one attached hydrogen (secondary N) is 1. The first kappa shape index (κ1) is 12.0. The molecule has 0 aromatic heterocycles. The van der Waals surface area contributed by atoms with E-state index < -0.39 is 0 Å². The van der Waals surface area contributed by atoms with Crippen molar-refractivity contribution in [3.05, 3.63) is 0 Å². The second-order valence-corrected chi connectivity index (χ2v) is 7.00. The summed E-state index contributed by atoms with van der Waals surface area (Å²) < 4.78 is 0. The van der Waals surface area contributed by atoms with Crippen LogP contribution < -0.4 is 5.32 Å². The first-order chi connectivity index (χ1) is 8.34. The van der Waals surface area contributed by atoms with Crippen LogP contribution in [0.25, 0.3) is 0 Å². The lowest BCUT2D eigenvalue weighted by atomic mass is 9.68. The zero-order valence-electron chi connectivity index (χ0n) is 11.5. The number of hydrogen-bond donors (Lipinski definition) is 1. The Balaban J connectivity index is 1.68. The molecule has 3 aliphatic rings. The molecule has 0 aromatic carbocycles. The fourth-order valence-corrected chi connectivity index (χ4v) is 4.83. The highest BCUT2D eigenvalue weighted by Crippen LogP contribution is 2.63. The maximum atomic E-state index is 3.69. The van der Waals surface area contributed by atoms with Crippen molar-refractivity contribution in [2.75, 3.05) is 13.1 Å². The van der Waals surface area contributed by atoms with Gasteiger partial charge in [-0.25, -0.2) is 0 Å². The molecule has 98 valence electrons. The Morgan fingerprint density at radius 1 is 1.00 bits per heavy atom. The number of fused-ring (bicyclic) bond motifs is 1. The van der Waals surface area contributed by atoms with Crippen LogP contribution in [0.15, 0.2) is 0 Å². The molecule has 0 radical (unpaired) electrons. The topological polar surface area (TPSA) is 12.0 Å². The Bertz CT molecular complexity index is 242. The second kappa shape index (κ2) is 4.91. The molecule has 2 unspecified atom stereocenters. The Labute approximate surface area is 107 Å². The largest absolute Gasteiger partial charge is 0.316 e. The standard InChI is InChI=1S/C16H29N/c1-2-17-12-16(10-13-9-14(13)11-16)15-7-5-3-4-6-8-15/h13-15,17H,2-12H2,1H3. The fraction of sp³-hybridized carbons (Fsp3) is 1.00. The highest BCUT2D eigenvalue weighted by atomic mass is 14.9. The third-order valence-corrected chi connectivity index (χ3v) is 5.85. The van der Waals surface area contributed by atoms with E-state index in [1.807, 2.05) is 0 Å². The summed E-state index contributed by atoms with van der Waals surface area (Å²) in [5, 5.41) is 3.69. The SMILES string of the molecule is CCNCC1(C2CCCCCC2)CC2CC2C1. The average Bonchev–Trinajstić information content (AvgIpc) is 3.05. The van der Waals surface area contributed by atoms with Gasteiger partial charge in [0.2, 0.25) is 0 Å². The normalized spacial score (nSPS) is 42.2. The molecule has 3 fully saturated rings. The summed E-state index contributed by atoms with van der Waals surface area (Å²) in [4.78, 5) is 0. The molecule has 1 heteroatoms. The minimum Gasteiger partial charge on any atom is -0.316 e. The molecule has 3 saturated carbocycles. The summed E-state index contributed by atoms with van der Waals surface area (Å²) in [5.41, 5.74) is 0.716. The van der Waals surface area contributed by atoms with Gasteiger partial charge in [-0.3, -0.25) is 0 Å². The predicted octanol–water partition coefficient (Wildman–Crippen LogP) is 3.98. The molecule has 0 spiro atoms. The maximum Gasteiger partial charge on any atom is 0.00106 e. The van der Waals surface area contributed by atoms with E-state index in [2.05, 4.69) is 12.2 Å². The number of hydrogen-bond acceptors (Lipinski definition) is 1. The van der Waals surface area contributed by atoms with Crippen molar-refractivity contribution in [3.63, 3.8) is 0 Å². The van der Waals surface area contributed by atoms with E-state index in [0.29, 0.717) is 5.41 Å². The first-order valence-electron chi connectivity index (χ1n) is 8.05. The fourth-order valence-electron chi connectivity index (χ4n) is 4.83. The minimum atomic E-state index is 0.716. The van der Waals surface area contributed by atoms with Gasteiger partial charge in [-0.2, -0.15) is 0 Å². The van der Waals surface area contributed by atoms with Crippen LogP contribution in [0.5, 0.6) is 0 Å². The quantitative estimate of drug-likeness (QED) is 0.727. The van der Waals surface area contributed by atoms with Crippen LogP contribution in [0, 0.1) is 23.2 Å². The first-order valence-corrected chi connectivity index (χ1v) is 8.05. The summed E-state index contributed by atoms with van der Waals surface area (Å²) in [6.45, 7) is 4.74. The molecule has 3 aliphatic carbocycles. The smallest absolute Gasteiger partial charge is 0.00106 e. The van der Waals surface area contributed by atoms with E-state index in [1.165, 1.54) is 45.1 Å². The monoisotopic (exact) mass is 235 g/mol. The number of rotatable bonds is 4. The Morgan fingerprint density at radius 2 is 1.65 bits per heavy atom. The van der Waals surface area contributed by atoms with Crippen molar-refractivity contribution in [1.82, 2.24) is 5.32 Å². The van der Waals surface area contributed by atoms with Crippen LogP contribution in [0.1, 0.15) is 64.7 Å². The van der Waals surface area contributed by atoms with E-state index >= 15 is 0 Å². The van der Waals surface area contributed by atoms with Gasteiger partial charge in [-0.15, -0.1) is 0 Å². The van der Waals surface area contributed by atoms with Crippen molar-refractivity contribution < 1.29 is 0 Å². The van der Waals surface area contributed by atoms with E-state index in [-0.39, 0.29) is 0 Å². The van der Waals surface area contributed by atoms with Gasteiger partial charge in [0.15, 0.2) is 0 Å². The van der Waals surface area contributed by atoms with E-state index in [1.54, 1.807) is 19.3 Å². The lowest BCUT2D eigenvalue weighted by molar-refractivity contribution is 0.125. The summed E-state index contributed by atoms with van der Waals surface area (Å²) in [5.74, 6) is 3.32. The molecule has 0 heterocycles. The molecule has 0 bridgehead atoms. The molecular formula is C16H29N. The van der Waals surface area contributed by atoms with Gasteiger partial charge in [0.05, 0.1) is 0 Å². The van der Waals surface area contributed by atoms with E-state index in [9.17, 15) is 0 Å². The van der Waals surface area contributed by atoms with Gasteiger partial charge in [-0.05, 0) is 61.8 Å². The van der Waals surface area contributed by atoms with Crippen molar-refractivity contribution in [2.24, 2.45) is 23.2 Å². The molecule has 1 nitrogen and oxygen atoms in total. The summed E-state index contributed by atoms with van der Waals surface area (Å²) >= 11 is 0. The van der Waals surface area contributed by atoms with Crippen LogP contribution in [-0.4, -0.2) is 13.1 Å². The van der Waals surface area contributed by atoms with Gasteiger partial charge < -0.3 is 5.32 Å². The molecule has 0 aromatic rings. The van der Waals surface area contributed by atoms with Gasteiger partial charge in [0.1, 0.15) is 0 Å². The molecule has 1 N–H and O–H groups in total. The highest BCUT2D eigenvalue weighted by molar-refractivity contribution is 5.06. The van der Waals surface area contributed by atoms with Crippen LogP contribution in [0.4, 0.5) is 0 Å². The lowest BCUT2D eigenvalue weighted by Gasteiger charge is -2.39. The zero-order chi connectivity index (χ0) is 11.7. The minimum absolute atomic E-state index is 0.716. The van der Waals surface area contributed by atoms with Gasteiger partial charge in [0.25, 0.3) is 0 Å². The van der Waals surface area contributed by atoms with Gasteiger partial charge in [-0.1, -0.05) is 32.6 Å². The van der Waals surface area contributed by atoms with E-state index in [4.69, 9.17) is 0 Å². The molecule has 2 atom stereocenters. The highest BCUT2D eigenvalue weighted by Gasteiger charge is 2.55. The van der Waals surface area contributed by atoms with Gasteiger partial charge >= 0.3 is 0 Å². The predicted molar refractivity (Wildman–Crippen MR) is 73.0 cm³/mol. The third kappa shape index (κ3) is 2.41. The van der Waals surface area contributed by atoms with Crippen LogP contribution in [0.2, 0.25) is 0 Å². The summed E-state index contributed by atoms with van der Waals surface area (Å²) in [7, 11) is 0. The van der Waals surface area contributed by atoms with Crippen LogP contribution >= 0.6 is 0 Å². The van der Waals surface area contributed by atoms with Crippen molar-refractivity contribution in [3.8, 4) is 0 Å². The third-order valence-electron chi connectivity index (χ3n) is 5.85. The van der Waals surface area contributed by atoms with Crippen LogP contribution in [0.3, 0.4) is 0 Å². The molecular weight excluding hydrogens is 206 g/mol. The average molecular weight is 235 g/mol. The van der Waals surface area contributed by atoms with Crippen LogP contribution in [-0.2, 0) is 0 Å². The van der Waals surface area contributed by atoms with Crippen molar-refractivity contribution in [1.29, 1.82) is 0 Å². The molecule has 0 saturated heterocycles. The lowest BCUT2D eigenvalue weighted by Crippen LogP contribution is -2.39. The summed E-state index contributed by atoms with van der Waals surface area (Å²) in [6.07, 6.45) is 13.8. The Morgan fingerprint density at radius 3 is 2.24 bits per heavy atom. The molecule has 0 aliphatic heterocycles.